The molecule has 0 saturated heterocycles. The highest BCUT2D eigenvalue weighted by Crippen LogP contribution is 2.18. The quantitative estimate of drug-likeness (QED) is 0.641. The van der Waals surface area contributed by atoms with Gasteiger partial charge in [-0.1, -0.05) is 19.1 Å². The largest absolute Gasteiger partial charge is 0.598 e. The van der Waals surface area contributed by atoms with E-state index in [9.17, 15) is 4.55 Å². The third-order valence-corrected chi connectivity index (χ3v) is 4.12. The van der Waals surface area contributed by atoms with Crippen LogP contribution in [0.3, 0.4) is 0 Å². The van der Waals surface area contributed by atoms with Gasteiger partial charge in [0.05, 0.1) is 0 Å². The van der Waals surface area contributed by atoms with Crippen molar-refractivity contribution >= 4 is 17.0 Å². The van der Waals surface area contributed by atoms with E-state index >= 15 is 0 Å². The van der Waals surface area contributed by atoms with Crippen molar-refractivity contribution in [3.05, 3.63) is 29.8 Å². The van der Waals surface area contributed by atoms with Crippen LogP contribution in [0.5, 0.6) is 0 Å². The molecule has 1 aromatic rings. The molecule has 1 rings (SSSR count). The number of hydrogen-bond donors (Lipinski definition) is 2. The molecule has 2 unspecified atom stereocenters. The topological polar surface area (TPSA) is 61.1 Å². The Morgan fingerprint density at radius 1 is 1.29 bits per heavy atom. The maximum absolute atomic E-state index is 11.8. The third kappa shape index (κ3) is 4.58. The van der Waals surface area contributed by atoms with Gasteiger partial charge < -0.3 is 10.3 Å². The molecule has 0 heterocycles. The molecule has 0 amide bonds. The van der Waals surface area contributed by atoms with E-state index in [1.165, 1.54) is 5.56 Å². The van der Waals surface area contributed by atoms with Crippen LogP contribution < -0.4 is 10.5 Å². The normalized spacial score (nSPS) is 15.6. The minimum Gasteiger partial charge on any atom is -0.598 e. The smallest absolute Gasteiger partial charge is 0.136 e. The zero-order chi connectivity index (χ0) is 13.1. The standard InChI is InChI=1S/C13H22N2OS/c1-10(9-15-17(16)13(2,3)4)11-5-7-12(14)8-6-11/h5-8,10,15H,9,14H2,1-4H3. The van der Waals surface area contributed by atoms with Crippen LogP contribution in [0.2, 0.25) is 0 Å². The Bertz CT molecular complexity index is 345. The molecule has 0 aliphatic rings. The third-order valence-electron chi connectivity index (χ3n) is 2.58. The van der Waals surface area contributed by atoms with Crippen molar-refractivity contribution < 1.29 is 4.55 Å². The first-order valence-corrected chi connectivity index (χ1v) is 6.96. The number of benzene rings is 1. The van der Waals surface area contributed by atoms with Crippen LogP contribution >= 0.6 is 0 Å². The fraction of sp³-hybridized carbons (Fsp3) is 0.538. The van der Waals surface area contributed by atoms with Crippen molar-refractivity contribution in [2.75, 3.05) is 12.3 Å². The summed E-state index contributed by atoms with van der Waals surface area (Å²) in [7, 11) is 0. The first kappa shape index (κ1) is 14.4. The monoisotopic (exact) mass is 254 g/mol. The van der Waals surface area contributed by atoms with Crippen LogP contribution in [0, 0.1) is 0 Å². The summed E-state index contributed by atoms with van der Waals surface area (Å²) in [6, 6.07) is 7.82. The number of anilines is 1. The summed E-state index contributed by atoms with van der Waals surface area (Å²) in [5.74, 6) is 0.321. The molecule has 3 N–H and O–H groups in total. The van der Waals surface area contributed by atoms with E-state index in [1.807, 2.05) is 45.0 Å². The second kappa shape index (κ2) is 5.76. The minimum atomic E-state index is -1.01. The minimum absolute atomic E-state index is 0.221. The molecule has 1 aromatic carbocycles. The Balaban J connectivity index is 2.50. The molecule has 0 aliphatic carbocycles. The Kier molecular flexibility index (Phi) is 4.86. The average molecular weight is 254 g/mol. The Morgan fingerprint density at radius 2 is 1.82 bits per heavy atom. The molecular weight excluding hydrogens is 232 g/mol. The van der Waals surface area contributed by atoms with Crippen LogP contribution in [-0.2, 0) is 11.4 Å². The summed E-state index contributed by atoms with van der Waals surface area (Å²) in [5.41, 5.74) is 7.62. The number of rotatable bonds is 4. The lowest BCUT2D eigenvalue weighted by Gasteiger charge is -2.25. The Morgan fingerprint density at radius 3 is 2.29 bits per heavy atom. The fourth-order valence-electron chi connectivity index (χ4n) is 1.36. The zero-order valence-electron chi connectivity index (χ0n) is 11.0. The second-order valence-electron chi connectivity index (χ2n) is 5.30. The molecule has 0 radical (unpaired) electrons. The number of nitrogens with two attached hydrogens (primary N) is 1. The van der Waals surface area contributed by atoms with Gasteiger partial charge in [0, 0.05) is 23.6 Å². The Labute approximate surface area is 107 Å². The molecule has 4 heteroatoms. The van der Waals surface area contributed by atoms with Gasteiger partial charge in [0.25, 0.3) is 0 Å². The van der Waals surface area contributed by atoms with Crippen LogP contribution in [0.15, 0.2) is 24.3 Å². The number of nitrogen functional groups attached to an aromatic ring is 1. The van der Waals surface area contributed by atoms with E-state index in [0.29, 0.717) is 12.5 Å². The zero-order valence-corrected chi connectivity index (χ0v) is 11.8. The van der Waals surface area contributed by atoms with Crippen LogP contribution in [0.25, 0.3) is 0 Å². The van der Waals surface area contributed by atoms with E-state index in [-0.39, 0.29) is 4.75 Å². The summed E-state index contributed by atoms with van der Waals surface area (Å²) < 4.78 is 14.7. The molecule has 0 fully saturated rings. The molecule has 0 spiro atoms. The highest BCUT2D eigenvalue weighted by molar-refractivity contribution is 7.90. The summed E-state index contributed by atoms with van der Waals surface area (Å²) in [5, 5.41) is 0. The molecule has 2 atom stereocenters. The highest BCUT2D eigenvalue weighted by atomic mass is 32.2. The SMILES string of the molecule is CC(CN[S+]([O-])C(C)(C)C)c1ccc(N)cc1. The molecular formula is C13H22N2OS. The molecule has 0 saturated carbocycles. The number of nitrogens with one attached hydrogen (secondary N) is 1. The van der Waals surface area contributed by atoms with Crippen LogP contribution in [-0.4, -0.2) is 15.8 Å². The molecule has 0 aromatic heterocycles. The summed E-state index contributed by atoms with van der Waals surface area (Å²) in [4.78, 5) is 0. The van der Waals surface area contributed by atoms with Crippen molar-refractivity contribution in [2.45, 2.75) is 38.4 Å². The van der Waals surface area contributed by atoms with Crippen molar-refractivity contribution in [1.82, 2.24) is 4.72 Å². The molecule has 96 valence electrons. The molecule has 17 heavy (non-hydrogen) atoms. The first-order chi connectivity index (χ1) is 7.80. The lowest BCUT2D eigenvalue weighted by molar-refractivity contribution is 0.539. The second-order valence-corrected chi connectivity index (χ2v) is 7.35. The van der Waals surface area contributed by atoms with Gasteiger partial charge in [0.1, 0.15) is 4.75 Å². The van der Waals surface area contributed by atoms with Crippen molar-refractivity contribution in [3.8, 4) is 0 Å². The molecule has 0 bridgehead atoms. The fourth-order valence-corrected chi connectivity index (χ4v) is 2.19. The van der Waals surface area contributed by atoms with E-state index < -0.39 is 11.4 Å². The van der Waals surface area contributed by atoms with Gasteiger partial charge in [-0.2, -0.15) is 0 Å². The van der Waals surface area contributed by atoms with Crippen molar-refractivity contribution in [2.24, 2.45) is 0 Å². The summed E-state index contributed by atoms with van der Waals surface area (Å²) in [6.07, 6.45) is 0. The lowest BCUT2D eigenvalue weighted by atomic mass is 10.0. The number of hydrogen-bond acceptors (Lipinski definition) is 3. The van der Waals surface area contributed by atoms with E-state index in [0.717, 1.165) is 5.69 Å². The predicted octanol–water partition coefficient (Wildman–Crippen LogP) is 2.42. The van der Waals surface area contributed by atoms with Gasteiger partial charge in [-0.3, -0.25) is 0 Å². The van der Waals surface area contributed by atoms with Crippen LogP contribution in [0.4, 0.5) is 5.69 Å². The van der Waals surface area contributed by atoms with Gasteiger partial charge in [-0.25, -0.2) is 0 Å². The van der Waals surface area contributed by atoms with E-state index in [2.05, 4.69) is 11.6 Å². The Hall–Kier alpha value is -0.710. The van der Waals surface area contributed by atoms with Crippen molar-refractivity contribution in [1.29, 1.82) is 0 Å². The maximum atomic E-state index is 11.8. The van der Waals surface area contributed by atoms with E-state index in [4.69, 9.17) is 5.73 Å². The molecule has 3 nitrogen and oxygen atoms in total. The van der Waals surface area contributed by atoms with Gasteiger partial charge in [0.2, 0.25) is 0 Å². The summed E-state index contributed by atoms with van der Waals surface area (Å²) in [6.45, 7) is 8.70. The average Bonchev–Trinajstić information content (AvgIpc) is 2.25. The maximum Gasteiger partial charge on any atom is 0.136 e. The van der Waals surface area contributed by atoms with Gasteiger partial charge in [-0.15, -0.1) is 4.72 Å². The van der Waals surface area contributed by atoms with Crippen molar-refractivity contribution in [3.63, 3.8) is 0 Å². The van der Waals surface area contributed by atoms with E-state index in [1.54, 1.807) is 0 Å². The lowest BCUT2D eigenvalue weighted by Crippen LogP contribution is -2.40. The molecule has 0 aliphatic heterocycles. The van der Waals surface area contributed by atoms with Gasteiger partial charge in [0.15, 0.2) is 0 Å². The predicted molar refractivity (Wildman–Crippen MR) is 75.2 cm³/mol. The summed E-state index contributed by atoms with van der Waals surface area (Å²) >= 11 is -1.01. The first-order valence-electron chi connectivity index (χ1n) is 5.81. The van der Waals surface area contributed by atoms with Gasteiger partial charge >= 0.3 is 0 Å². The highest BCUT2D eigenvalue weighted by Gasteiger charge is 2.26. The van der Waals surface area contributed by atoms with Gasteiger partial charge in [-0.05, 0) is 44.4 Å². The van der Waals surface area contributed by atoms with Crippen LogP contribution in [0.1, 0.15) is 39.2 Å².